The number of hydrogen-bond acceptors (Lipinski definition) is 3. The van der Waals surface area contributed by atoms with Crippen LogP contribution in [-0.4, -0.2) is 26.5 Å². The summed E-state index contributed by atoms with van der Waals surface area (Å²) in [5.41, 5.74) is 2.60. The molecule has 122 valence electrons. The van der Waals surface area contributed by atoms with Gasteiger partial charge in [0.15, 0.2) is 0 Å². The quantitative estimate of drug-likeness (QED) is 0.445. The normalized spacial score (nSPS) is 10.7. The molecule has 1 amide bonds. The Morgan fingerprint density at radius 1 is 1.00 bits per heavy atom. The average molecular weight is 330 g/mol. The van der Waals surface area contributed by atoms with Crippen LogP contribution in [0.1, 0.15) is 10.4 Å². The van der Waals surface area contributed by atoms with E-state index < -0.39 is 11.7 Å². The first kappa shape index (κ1) is 14.9. The van der Waals surface area contributed by atoms with Crippen LogP contribution in [-0.2, 0) is 4.79 Å². The summed E-state index contributed by atoms with van der Waals surface area (Å²) in [5, 5.41) is 7.51. The summed E-state index contributed by atoms with van der Waals surface area (Å²) in [5.74, 6) is -1.25. The van der Waals surface area contributed by atoms with Crippen LogP contribution in [0.3, 0.4) is 0 Å². The highest BCUT2D eigenvalue weighted by Gasteiger charge is 2.19. The van der Waals surface area contributed by atoms with E-state index in [0.717, 1.165) is 16.6 Å². The van der Waals surface area contributed by atoms with E-state index in [-0.39, 0.29) is 0 Å². The molecular weight excluding hydrogens is 316 g/mol. The van der Waals surface area contributed by atoms with Gasteiger partial charge in [0.25, 0.3) is 11.7 Å². The lowest BCUT2D eigenvalue weighted by atomic mass is 10.1. The van der Waals surface area contributed by atoms with E-state index in [9.17, 15) is 9.59 Å². The van der Waals surface area contributed by atoms with Crippen molar-refractivity contribution >= 4 is 28.3 Å². The number of hydrogen-bond donors (Lipinski definition) is 2. The number of ketones is 1. The zero-order valence-electron chi connectivity index (χ0n) is 13.1. The first-order chi connectivity index (χ1) is 12.2. The largest absolute Gasteiger partial charge is 0.360 e. The Morgan fingerprint density at radius 3 is 2.56 bits per heavy atom. The van der Waals surface area contributed by atoms with Gasteiger partial charge in [-0.25, -0.2) is 4.68 Å². The van der Waals surface area contributed by atoms with Crippen LogP contribution in [0.15, 0.2) is 73.2 Å². The predicted octanol–water partition coefficient (Wildman–Crippen LogP) is 3.18. The Morgan fingerprint density at radius 2 is 1.80 bits per heavy atom. The molecule has 0 aliphatic heterocycles. The minimum absolute atomic E-state index is 0.362. The SMILES string of the molecule is O=C(Nc1ccc(-n2cccn2)cc1)C(=O)c1c[nH]c2ccccc12. The summed E-state index contributed by atoms with van der Waals surface area (Å²) < 4.78 is 1.71. The van der Waals surface area contributed by atoms with Crippen LogP contribution in [0.4, 0.5) is 5.69 Å². The summed E-state index contributed by atoms with van der Waals surface area (Å²) in [7, 11) is 0. The summed E-state index contributed by atoms with van der Waals surface area (Å²) in [6.45, 7) is 0. The van der Waals surface area contributed by atoms with Crippen molar-refractivity contribution in [2.75, 3.05) is 5.32 Å². The number of aromatic nitrogens is 3. The van der Waals surface area contributed by atoms with Gasteiger partial charge in [-0.1, -0.05) is 18.2 Å². The number of amides is 1. The average Bonchev–Trinajstić information content (AvgIpc) is 3.31. The maximum Gasteiger partial charge on any atom is 0.296 e. The van der Waals surface area contributed by atoms with Crippen LogP contribution in [0.5, 0.6) is 0 Å². The highest BCUT2D eigenvalue weighted by molar-refractivity contribution is 6.48. The third-order valence-electron chi connectivity index (χ3n) is 3.93. The van der Waals surface area contributed by atoms with Gasteiger partial charge in [-0.05, 0) is 36.4 Å². The molecule has 0 aliphatic rings. The standard InChI is InChI=1S/C19H14N4O2/c24-18(16-12-20-17-5-2-1-4-15(16)17)19(25)22-13-6-8-14(9-7-13)23-11-3-10-21-23/h1-12,20H,(H,22,25). The van der Waals surface area contributed by atoms with Gasteiger partial charge in [0.2, 0.25) is 0 Å². The molecule has 6 heteroatoms. The molecule has 25 heavy (non-hydrogen) atoms. The maximum atomic E-state index is 12.4. The molecule has 6 nitrogen and oxygen atoms in total. The van der Waals surface area contributed by atoms with Gasteiger partial charge < -0.3 is 10.3 Å². The lowest BCUT2D eigenvalue weighted by Crippen LogP contribution is -2.22. The summed E-state index contributed by atoms with van der Waals surface area (Å²) in [6, 6.07) is 16.3. The number of anilines is 1. The number of carbonyl (C=O) groups is 2. The van der Waals surface area contributed by atoms with Crippen molar-refractivity contribution in [2.45, 2.75) is 0 Å². The van der Waals surface area contributed by atoms with Crippen LogP contribution in [0, 0.1) is 0 Å². The van der Waals surface area contributed by atoms with Crippen molar-refractivity contribution in [3.05, 3.63) is 78.8 Å². The van der Waals surface area contributed by atoms with E-state index in [1.807, 2.05) is 48.7 Å². The summed E-state index contributed by atoms with van der Waals surface area (Å²) in [6.07, 6.45) is 5.08. The molecule has 0 radical (unpaired) electrons. The number of fused-ring (bicyclic) bond motifs is 1. The second-order valence-corrected chi connectivity index (χ2v) is 5.53. The fourth-order valence-electron chi connectivity index (χ4n) is 2.69. The zero-order chi connectivity index (χ0) is 17.2. The van der Waals surface area contributed by atoms with E-state index >= 15 is 0 Å². The fourth-order valence-corrected chi connectivity index (χ4v) is 2.69. The number of carbonyl (C=O) groups excluding carboxylic acids is 2. The van der Waals surface area contributed by atoms with Gasteiger partial charge in [0.05, 0.1) is 11.3 Å². The summed E-state index contributed by atoms with van der Waals surface area (Å²) in [4.78, 5) is 27.7. The molecule has 2 heterocycles. The van der Waals surface area contributed by atoms with Crippen LogP contribution in [0.2, 0.25) is 0 Å². The number of Topliss-reactive ketones (excluding diaryl/α,β-unsaturated/α-hetero) is 1. The van der Waals surface area contributed by atoms with Crippen molar-refractivity contribution in [2.24, 2.45) is 0 Å². The maximum absolute atomic E-state index is 12.4. The second-order valence-electron chi connectivity index (χ2n) is 5.53. The van der Waals surface area contributed by atoms with Gasteiger partial charge >= 0.3 is 0 Å². The number of nitrogens with one attached hydrogen (secondary N) is 2. The molecule has 0 spiro atoms. The third kappa shape index (κ3) is 2.81. The van der Waals surface area contributed by atoms with E-state index in [2.05, 4.69) is 15.4 Å². The van der Waals surface area contributed by atoms with Crippen LogP contribution in [0.25, 0.3) is 16.6 Å². The van der Waals surface area contributed by atoms with Gasteiger partial charge in [-0.2, -0.15) is 5.10 Å². The monoisotopic (exact) mass is 330 g/mol. The molecular formula is C19H14N4O2. The van der Waals surface area contributed by atoms with Gasteiger partial charge in [-0.3, -0.25) is 9.59 Å². The molecule has 2 N–H and O–H groups in total. The molecule has 0 atom stereocenters. The number of benzene rings is 2. The minimum atomic E-state index is -0.670. The highest BCUT2D eigenvalue weighted by atomic mass is 16.2. The van der Waals surface area contributed by atoms with Gasteiger partial charge in [0, 0.05) is 35.2 Å². The predicted molar refractivity (Wildman–Crippen MR) is 94.8 cm³/mol. The lowest BCUT2D eigenvalue weighted by molar-refractivity contribution is -0.112. The molecule has 2 aromatic carbocycles. The van der Waals surface area contributed by atoms with Crippen LogP contribution >= 0.6 is 0 Å². The Labute approximate surface area is 143 Å². The topological polar surface area (TPSA) is 79.8 Å². The Kier molecular flexibility index (Phi) is 3.63. The molecule has 2 aromatic heterocycles. The van der Waals surface area contributed by atoms with E-state index in [4.69, 9.17) is 0 Å². The van der Waals surface area contributed by atoms with E-state index in [1.54, 1.807) is 29.2 Å². The Hall–Kier alpha value is -3.67. The number of nitrogens with zero attached hydrogens (tertiary/aromatic N) is 2. The van der Waals surface area contributed by atoms with Crippen molar-refractivity contribution in [1.82, 2.24) is 14.8 Å². The van der Waals surface area contributed by atoms with E-state index in [1.165, 1.54) is 0 Å². The Bertz CT molecular complexity index is 1050. The number of rotatable bonds is 4. The lowest BCUT2D eigenvalue weighted by Gasteiger charge is -2.06. The van der Waals surface area contributed by atoms with Crippen molar-refractivity contribution < 1.29 is 9.59 Å². The van der Waals surface area contributed by atoms with Crippen LogP contribution < -0.4 is 5.32 Å². The molecule has 0 bridgehead atoms. The number of para-hydroxylation sites is 1. The number of aromatic amines is 1. The third-order valence-corrected chi connectivity index (χ3v) is 3.93. The van der Waals surface area contributed by atoms with Gasteiger partial charge in [0.1, 0.15) is 0 Å². The molecule has 0 fully saturated rings. The number of H-pyrrole nitrogens is 1. The van der Waals surface area contributed by atoms with Gasteiger partial charge in [-0.15, -0.1) is 0 Å². The molecule has 0 saturated heterocycles. The Balaban J connectivity index is 1.52. The second kappa shape index (κ2) is 6.09. The first-order valence-corrected chi connectivity index (χ1v) is 7.74. The highest BCUT2D eigenvalue weighted by Crippen LogP contribution is 2.19. The molecule has 0 unspecified atom stereocenters. The zero-order valence-corrected chi connectivity index (χ0v) is 13.1. The van der Waals surface area contributed by atoms with E-state index in [0.29, 0.717) is 11.3 Å². The summed E-state index contributed by atoms with van der Waals surface area (Å²) >= 11 is 0. The van der Waals surface area contributed by atoms with Crippen molar-refractivity contribution in [1.29, 1.82) is 0 Å². The smallest absolute Gasteiger partial charge is 0.296 e. The van der Waals surface area contributed by atoms with Crippen molar-refractivity contribution in [3.8, 4) is 5.69 Å². The minimum Gasteiger partial charge on any atom is -0.360 e. The van der Waals surface area contributed by atoms with Crippen molar-refractivity contribution in [3.63, 3.8) is 0 Å². The molecule has 4 aromatic rings. The molecule has 0 aliphatic carbocycles. The molecule has 0 saturated carbocycles. The first-order valence-electron chi connectivity index (χ1n) is 7.74. The molecule has 4 rings (SSSR count). The fraction of sp³-hybridized carbons (Fsp3) is 0.